The van der Waals surface area contributed by atoms with E-state index in [1.165, 1.54) is 0 Å². The molecule has 0 radical (unpaired) electrons. The summed E-state index contributed by atoms with van der Waals surface area (Å²) in [6, 6.07) is 2.28. The average molecular weight is 312 g/mol. The largest absolute Gasteiger partial charge is 0.407 e. The monoisotopic (exact) mass is 312 g/mol. The maximum atomic E-state index is 12.8. The van der Waals surface area contributed by atoms with Crippen molar-refractivity contribution in [3.63, 3.8) is 0 Å². The van der Waals surface area contributed by atoms with E-state index in [-0.39, 0.29) is 5.69 Å². The molecule has 0 aliphatic carbocycles. The second-order valence-corrected chi connectivity index (χ2v) is 4.07. The molecule has 0 saturated heterocycles. The van der Waals surface area contributed by atoms with Gasteiger partial charge in [0.25, 0.3) is 0 Å². The number of halogens is 6. The summed E-state index contributed by atoms with van der Waals surface area (Å²) in [5.74, 6) is 0. The molecule has 1 N–H and O–H groups in total. The average Bonchev–Trinajstić information content (AvgIpc) is 2.35. The minimum Gasteiger partial charge on any atom is -0.395 e. The molecular weight excluding hydrogens is 302 g/mol. The van der Waals surface area contributed by atoms with E-state index in [1.807, 2.05) is 0 Å². The van der Waals surface area contributed by atoms with Crippen LogP contribution in [-0.2, 0) is 6.18 Å². The minimum atomic E-state index is -4.85. The fourth-order valence-electron chi connectivity index (χ4n) is 1.68. The smallest absolute Gasteiger partial charge is 0.395 e. The molecule has 0 spiro atoms. The van der Waals surface area contributed by atoms with E-state index in [0.717, 1.165) is 12.1 Å². The second kappa shape index (κ2) is 6.22. The van der Waals surface area contributed by atoms with Crippen LogP contribution in [0.3, 0.4) is 0 Å². The summed E-state index contributed by atoms with van der Waals surface area (Å²) < 4.78 is 75.5. The number of nitrogens with zero attached hydrogens (tertiary/aromatic N) is 2. The molecule has 0 aromatic heterocycles. The molecule has 9 heteroatoms. The number of benzene rings is 1. The van der Waals surface area contributed by atoms with Crippen molar-refractivity contribution in [1.82, 2.24) is 0 Å². The van der Waals surface area contributed by atoms with Crippen LogP contribution in [0.5, 0.6) is 0 Å². The Balaban J connectivity index is 3.25. The lowest BCUT2D eigenvalue weighted by Gasteiger charge is -2.26. The summed E-state index contributed by atoms with van der Waals surface area (Å²) >= 11 is 0. The van der Waals surface area contributed by atoms with E-state index < -0.39 is 43.3 Å². The molecule has 0 unspecified atom stereocenters. The molecule has 116 valence electrons. The zero-order valence-corrected chi connectivity index (χ0v) is 10.5. The predicted octanol–water partition coefficient (Wildman–Crippen LogP) is 3.62. The topological polar surface area (TPSA) is 27.8 Å². The first kappa shape index (κ1) is 17.1. The molecule has 0 aliphatic rings. The number of aliphatic hydroxyl groups is 1. The first-order valence-electron chi connectivity index (χ1n) is 5.59. The van der Waals surface area contributed by atoms with Crippen LogP contribution in [0.2, 0.25) is 0 Å². The Kier molecular flexibility index (Phi) is 5.06. The highest BCUT2D eigenvalue weighted by molar-refractivity contribution is 5.62. The molecule has 1 aromatic rings. The van der Waals surface area contributed by atoms with E-state index in [9.17, 15) is 26.3 Å². The van der Waals surface area contributed by atoms with Crippen molar-refractivity contribution in [1.29, 1.82) is 0 Å². The molecule has 0 amide bonds. The second-order valence-electron chi connectivity index (χ2n) is 4.07. The fourth-order valence-corrected chi connectivity index (χ4v) is 1.68. The molecule has 0 saturated carbocycles. The minimum absolute atomic E-state index is 0.360. The van der Waals surface area contributed by atoms with Crippen molar-refractivity contribution in [2.24, 2.45) is 0 Å². The van der Waals surface area contributed by atoms with Gasteiger partial charge in [0, 0.05) is 12.2 Å². The molecule has 1 aromatic carbocycles. The normalized spacial score (nSPS) is 12.1. The molecule has 0 fully saturated rings. The van der Waals surface area contributed by atoms with Gasteiger partial charge in [-0.3, -0.25) is 0 Å². The van der Waals surface area contributed by atoms with Crippen molar-refractivity contribution < 1.29 is 31.4 Å². The lowest BCUT2D eigenvalue weighted by atomic mass is 10.1. The summed E-state index contributed by atoms with van der Waals surface area (Å²) in [5.41, 5.74) is -2.36. The van der Waals surface area contributed by atoms with Gasteiger partial charge < -0.3 is 10.0 Å². The Morgan fingerprint density at radius 3 is 2.19 bits per heavy atom. The Hall–Kier alpha value is -1.95. The molecule has 21 heavy (non-hydrogen) atoms. The summed E-state index contributed by atoms with van der Waals surface area (Å²) in [7, 11) is 0. The molecule has 0 bridgehead atoms. The Bertz CT molecular complexity index is 532. The number of rotatable bonds is 4. The van der Waals surface area contributed by atoms with Gasteiger partial charge in [-0.2, -0.15) is 26.3 Å². The highest BCUT2D eigenvalue weighted by Gasteiger charge is 2.35. The van der Waals surface area contributed by atoms with Crippen molar-refractivity contribution in [3.8, 4) is 0 Å². The van der Waals surface area contributed by atoms with Crippen LogP contribution in [0.4, 0.5) is 37.7 Å². The predicted molar refractivity (Wildman–Crippen MR) is 63.1 cm³/mol. The number of hydrogen-bond acceptors (Lipinski definition) is 2. The van der Waals surface area contributed by atoms with Gasteiger partial charge in [0.2, 0.25) is 0 Å². The van der Waals surface area contributed by atoms with Gasteiger partial charge in [0.1, 0.15) is 6.54 Å². The maximum absolute atomic E-state index is 12.8. The van der Waals surface area contributed by atoms with E-state index in [4.69, 9.17) is 11.7 Å². The molecule has 0 atom stereocenters. The van der Waals surface area contributed by atoms with Gasteiger partial charge in [0.15, 0.2) is 5.69 Å². The molecule has 3 nitrogen and oxygen atoms in total. The highest BCUT2D eigenvalue weighted by Crippen LogP contribution is 2.39. The van der Waals surface area contributed by atoms with Gasteiger partial charge in [-0.1, -0.05) is 6.07 Å². The van der Waals surface area contributed by atoms with Gasteiger partial charge >= 0.3 is 12.4 Å². The van der Waals surface area contributed by atoms with E-state index >= 15 is 0 Å². The van der Waals surface area contributed by atoms with Crippen LogP contribution in [0.1, 0.15) is 5.56 Å². The lowest BCUT2D eigenvalue weighted by molar-refractivity contribution is -0.136. The third-order valence-corrected chi connectivity index (χ3v) is 2.51. The van der Waals surface area contributed by atoms with Crippen molar-refractivity contribution in [3.05, 3.63) is 35.2 Å². The zero-order valence-electron chi connectivity index (χ0n) is 10.5. The highest BCUT2D eigenvalue weighted by atomic mass is 19.4. The first-order chi connectivity index (χ1) is 9.58. The van der Waals surface area contributed by atoms with Crippen molar-refractivity contribution in [2.45, 2.75) is 12.4 Å². The zero-order chi connectivity index (χ0) is 16.3. The third-order valence-electron chi connectivity index (χ3n) is 2.51. The van der Waals surface area contributed by atoms with Gasteiger partial charge in [0.05, 0.1) is 18.7 Å². The molecular formula is C12H10F6N2O. The summed E-state index contributed by atoms with van der Waals surface area (Å²) in [6.45, 7) is 4.03. The molecule has 1 rings (SSSR count). The van der Waals surface area contributed by atoms with Crippen LogP contribution in [-0.4, -0.2) is 31.0 Å². The Labute approximate surface area is 116 Å². The standard InChI is InChI=1S/C12H10F6N2O/c1-19-10-3-2-8(6-9(10)12(16,17)18)20(4-5-21)7-11(13,14)15/h2-3,6,21H,4-5,7H2. The number of anilines is 1. The van der Waals surface area contributed by atoms with Crippen LogP contribution in [0.15, 0.2) is 18.2 Å². The number of hydrogen-bond donors (Lipinski definition) is 1. The van der Waals surface area contributed by atoms with E-state index in [0.29, 0.717) is 11.0 Å². The third kappa shape index (κ3) is 4.82. The lowest BCUT2D eigenvalue weighted by Crippen LogP contribution is -2.36. The van der Waals surface area contributed by atoms with Crippen molar-refractivity contribution >= 4 is 11.4 Å². The van der Waals surface area contributed by atoms with Crippen molar-refractivity contribution in [2.75, 3.05) is 24.6 Å². The fraction of sp³-hybridized carbons (Fsp3) is 0.417. The molecule has 0 heterocycles. The van der Waals surface area contributed by atoms with E-state index in [1.54, 1.807) is 0 Å². The van der Waals surface area contributed by atoms with Gasteiger partial charge in [-0.15, -0.1) is 0 Å². The summed E-state index contributed by atoms with van der Waals surface area (Å²) in [6.07, 6.45) is -9.48. The Morgan fingerprint density at radius 2 is 1.76 bits per heavy atom. The van der Waals surface area contributed by atoms with Crippen LogP contribution < -0.4 is 4.90 Å². The maximum Gasteiger partial charge on any atom is 0.407 e. The SMILES string of the molecule is [C-]#[N+]c1ccc(N(CCO)CC(F)(F)F)cc1C(F)(F)F. The molecule has 0 aliphatic heterocycles. The van der Waals surface area contributed by atoms with Gasteiger partial charge in [-0.05, 0) is 12.1 Å². The summed E-state index contributed by atoms with van der Waals surface area (Å²) in [5, 5.41) is 8.75. The number of alkyl halides is 6. The quantitative estimate of drug-likeness (QED) is 0.679. The van der Waals surface area contributed by atoms with Crippen LogP contribution >= 0.6 is 0 Å². The van der Waals surface area contributed by atoms with E-state index in [2.05, 4.69) is 4.85 Å². The summed E-state index contributed by atoms with van der Waals surface area (Å²) in [4.78, 5) is 3.27. The van der Waals surface area contributed by atoms with Crippen LogP contribution in [0.25, 0.3) is 4.85 Å². The first-order valence-corrected chi connectivity index (χ1v) is 5.59. The Morgan fingerprint density at radius 1 is 1.14 bits per heavy atom. The van der Waals surface area contributed by atoms with Crippen LogP contribution in [0, 0.1) is 6.57 Å². The number of aliphatic hydroxyl groups excluding tert-OH is 1. The van der Waals surface area contributed by atoms with Gasteiger partial charge in [-0.25, -0.2) is 4.85 Å².